The Labute approximate surface area is 214 Å². The highest BCUT2D eigenvalue weighted by atomic mass is 32.2. The molecule has 0 spiro atoms. The van der Waals surface area contributed by atoms with Crippen LogP contribution in [0.2, 0.25) is 0 Å². The van der Waals surface area contributed by atoms with Crippen molar-refractivity contribution in [3.63, 3.8) is 0 Å². The third kappa shape index (κ3) is 5.26. The molecule has 0 saturated heterocycles. The van der Waals surface area contributed by atoms with Crippen molar-refractivity contribution in [1.29, 1.82) is 0 Å². The Morgan fingerprint density at radius 2 is 1.94 bits per heavy atom. The molecule has 3 aromatic rings. The number of aromatic nitrogens is 2. The summed E-state index contributed by atoms with van der Waals surface area (Å²) < 4.78 is 7.16. The van der Waals surface area contributed by atoms with Crippen LogP contribution in [0, 0.1) is 0 Å². The number of anilines is 1. The van der Waals surface area contributed by atoms with Gasteiger partial charge in [0.15, 0.2) is 0 Å². The fourth-order valence-electron chi connectivity index (χ4n) is 4.15. The standard InChI is InChI=1S/C26H32N4O3S2/c1-16(2)27-20(31)14-29-21(32)15-35-23(19-8-7-13-34-19)22-24(26(3,4)5)28-30(25(22)29)17-9-11-18(33-6)12-10-17/h7-13,16,23H,14-15H2,1-6H3,(H,27,31)/t23-/m0/s1. The molecule has 0 unspecified atom stereocenters. The van der Waals surface area contributed by atoms with Gasteiger partial charge in [-0.05, 0) is 49.6 Å². The predicted octanol–water partition coefficient (Wildman–Crippen LogP) is 4.93. The quantitative estimate of drug-likeness (QED) is 0.507. The van der Waals surface area contributed by atoms with E-state index in [4.69, 9.17) is 9.84 Å². The minimum Gasteiger partial charge on any atom is -0.497 e. The van der Waals surface area contributed by atoms with Crippen LogP contribution in [0.25, 0.3) is 5.69 Å². The normalized spacial score (nSPS) is 16.3. The maximum Gasteiger partial charge on any atom is 0.240 e. The number of methoxy groups -OCH3 is 1. The number of nitrogens with one attached hydrogen (secondary N) is 1. The number of benzene rings is 1. The number of thioether (sulfide) groups is 1. The van der Waals surface area contributed by atoms with Gasteiger partial charge in [-0.25, -0.2) is 4.68 Å². The van der Waals surface area contributed by atoms with Crippen molar-refractivity contribution in [1.82, 2.24) is 15.1 Å². The molecule has 1 aliphatic heterocycles. The van der Waals surface area contributed by atoms with E-state index in [1.165, 1.54) is 0 Å². The van der Waals surface area contributed by atoms with Gasteiger partial charge in [-0.1, -0.05) is 26.8 Å². The number of amides is 2. The van der Waals surface area contributed by atoms with Crippen molar-refractivity contribution in [3.05, 3.63) is 57.9 Å². The lowest BCUT2D eigenvalue weighted by Gasteiger charge is -2.24. The lowest BCUT2D eigenvalue weighted by molar-refractivity contribution is -0.123. The van der Waals surface area contributed by atoms with Gasteiger partial charge in [0.2, 0.25) is 11.8 Å². The van der Waals surface area contributed by atoms with Gasteiger partial charge in [0.25, 0.3) is 0 Å². The third-order valence-corrected chi connectivity index (χ3v) is 7.99. The van der Waals surface area contributed by atoms with Crippen molar-refractivity contribution in [2.45, 2.75) is 51.3 Å². The molecule has 0 aliphatic carbocycles. The van der Waals surface area contributed by atoms with Crippen molar-refractivity contribution >= 4 is 40.7 Å². The lowest BCUT2D eigenvalue weighted by atomic mass is 9.88. The molecule has 35 heavy (non-hydrogen) atoms. The summed E-state index contributed by atoms with van der Waals surface area (Å²) in [5.74, 6) is 1.37. The molecule has 1 aromatic carbocycles. The highest BCUT2D eigenvalue weighted by Gasteiger charge is 2.40. The summed E-state index contributed by atoms with van der Waals surface area (Å²) in [6, 6.07) is 11.7. The zero-order chi connectivity index (χ0) is 25.3. The number of hydrogen-bond acceptors (Lipinski definition) is 6. The molecule has 9 heteroatoms. The first-order chi connectivity index (χ1) is 16.6. The van der Waals surface area contributed by atoms with E-state index in [1.54, 1.807) is 35.1 Å². The SMILES string of the molecule is COc1ccc(-n2nc(C(C)(C)C)c3c2N(CC(=O)NC(C)C)C(=O)CS[C@H]3c2cccs2)cc1. The van der Waals surface area contributed by atoms with E-state index in [0.717, 1.165) is 27.6 Å². The maximum absolute atomic E-state index is 13.5. The fraction of sp³-hybridized carbons (Fsp3) is 0.423. The molecule has 4 rings (SSSR count). The molecule has 1 aliphatic rings. The number of carbonyl (C=O) groups excluding carboxylic acids is 2. The Balaban J connectivity index is 1.98. The molecule has 3 heterocycles. The second-order valence-corrected chi connectivity index (χ2v) is 11.9. The number of rotatable bonds is 6. The van der Waals surface area contributed by atoms with Gasteiger partial charge in [0, 0.05) is 21.9 Å². The van der Waals surface area contributed by atoms with Crippen LogP contribution in [-0.2, 0) is 15.0 Å². The van der Waals surface area contributed by atoms with Gasteiger partial charge in [-0.3, -0.25) is 14.5 Å². The number of carbonyl (C=O) groups is 2. The smallest absolute Gasteiger partial charge is 0.240 e. The number of thiophene rings is 1. The largest absolute Gasteiger partial charge is 0.497 e. The third-order valence-electron chi connectivity index (χ3n) is 5.67. The predicted molar refractivity (Wildman–Crippen MR) is 143 cm³/mol. The summed E-state index contributed by atoms with van der Waals surface area (Å²) in [5.41, 5.74) is 2.43. The van der Waals surface area contributed by atoms with E-state index in [2.05, 4.69) is 37.5 Å². The van der Waals surface area contributed by atoms with Gasteiger partial charge in [-0.2, -0.15) is 5.10 Å². The minimum atomic E-state index is -0.281. The molecule has 2 amide bonds. The average molecular weight is 513 g/mol. The number of hydrogen-bond donors (Lipinski definition) is 1. The Bertz CT molecular complexity index is 1190. The van der Waals surface area contributed by atoms with E-state index in [0.29, 0.717) is 5.82 Å². The molecular formula is C26H32N4O3S2. The molecule has 0 bridgehead atoms. The number of fused-ring (bicyclic) bond motifs is 1. The molecule has 1 N–H and O–H groups in total. The van der Waals surface area contributed by atoms with Crippen molar-refractivity contribution in [2.24, 2.45) is 0 Å². The van der Waals surface area contributed by atoms with Crippen molar-refractivity contribution < 1.29 is 14.3 Å². The van der Waals surface area contributed by atoms with Crippen LogP contribution < -0.4 is 15.0 Å². The number of ether oxygens (including phenoxy) is 1. The zero-order valence-electron chi connectivity index (χ0n) is 21.0. The highest BCUT2D eigenvalue weighted by molar-refractivity contribution is 8.00. The molecule has 2 aromatic heterocycles. The van der Waals surface area contributed by atoms with E-state index >= 15 is 0 Å². The van der Waals surface area contributed by atoms with E-state index < -0.39 is 0 Å². The second-order valence-electron chi connectivity index (χ2n) is 9.85. The average Bonchev–Trinajstić information content (AvgIpc) is 3.43. The van der Waals surface area contributed by atoms with E-state index in [-0.39, 0.29) is 40.8 Å². The van der Waals surface area contributed by atoms with Crippen molar-refractivity contribution in [2.75, 3.05) is 24.3 Å². The number of nitrogens with zero attached hydrogens (tertiary/aromatic N) is 3. The maximum atomic E-state index is 13.5. The first-order valence-electron chi connectivity index (χ1n) is 11.6. The molecule has 7 nitrogen and oxygen atoms in total. The summed E-state index contributed by atoms with van der Waals surface area (Å²) >= 11 is 3.27. The van der Waals surface area contributed by atoms with Gasteiger partial charge >= 0.3 is 0 Å². The van der Waals surface area contributed by atoms with E-state index in [1.807, 2.05) is 48.9 Å². The monoisotopic (exact) mass is 512 g/mol. The van der Waals surface area contributed by atoms with Gasteiger partial charge < -0.3 is 10.1 Å². The molecular weight excluding hydrogens is 480 g/mol. The molecule has 1 atom stereocenters. The van der Waals surface area contributed by atoms with Crippen LogP contribution in [0.3, 0.4) is 0 Å². The first-order valence-corrected chi connectivity index (χ1v) is 13.6. The summed E-state index contributed by atoms with van der Waals surface area (Å²) in [6.45, 7) is 10.2. The summed E-state index contributed by atoms with van der Waals surface area (Å²) in [4.78, 5) is 29.2. The Morgan fingerprint density at radius 1 is 1.23 bits per heavy atom. The van der Waals surface area contributed by atoms with Crippen LogP contribution in [0.1, 0.15) is 56.0 Å². The van der Waals surface area contributed by atoms with Crippen LogP contribution in [0.5, 0.6) is 5.75 Å². The van der Waals surface area contributed by atoms with Crippen LogP contribution in [-0.4, -0.2) is 47.0 Å². The Morgan fingerprint density at radius 3 is 2.51 bits per heavy atom. The lowest BCUT2D eigenvalue weighted by Crippen LogP contribution is -2.44. The second kappa shape index (κ2) is 10.1. The van der Waals surface area contributed by atoms with Crippen LogP contribution in [0.4, 0.5) is 5.82 Å². The molecule has 0 radical (unpaired) electrons. The van der Waals surface area contributed by atoms with Gasteiger partial charge in [0.1, 0.15) is 18.1 Å². The Kier molecular flexibility index (Phi) is 7.28. The van der Waals surface area contributed by atoms with Crippen LogP contribution in [0.15, 0.2) is 41.8 Å². The summed E-state index contributed by atoms with van der Waals surface area (Å²) in [7, 11) is 1.63. The molecule has 0 fully saturated rings. The van der Waals surface area contributed by atoms with Gasteiger partial charge in [0.05, 0.1) is 29.5 Å². The molecule has 186 valence electrons. The summed E-state index contributed by atoms with van der Waals surface area (Å²) in [6.07, 6.45) is 0. The Hall–Kier alpha value is -2.78. The first kappa shape index (κ1) is 25.3. The summed E-state index contributed by atoms with van der Waals surface area (Å²) in [5, 5.41) is 10.0. The minimum absolute atomic E-state index is 0.0195. The fourth-order valence-corrected chi connectivity index (χ4v) is 6.33. The topological polar surface area (TPSA) is 76.5 Å². The zero-order valence-corrected chi connectivity index (χ0v) is 22.6. The highest BCUT2D eigenvalue weighted by Crippen LogP contribution is 2.49. The van der Waals surface area contributed by atoms with E-state index in [9.17, 15) is 9.59 Å². The van der Waals surface area contributed by atoms with Crippen molar-refractivity contribution in [3.8, 4) is 11.4 Å². The van der Waals surface area contributed by atoms with Gasteiger partial charge in [-0.15, -0.1) is 23.1 Å². The van der Waals surface area contributed by atoms with Crippen LogP contribution >= 0.6 is 23.1 Å². The molecule has 0 saturated carbocycles.